The maximum absolute atomic E-state index is 13.4. The van der Waals surface area contributed by atoms with Crippen molar-refractivity contribution in [2.75, 3.05) is 19.9 Å². The van der Waals surface area contributed by atoms with Crippen LogP contribution in [0.4, 0.5) is 0 Å². The van der Waals surface area contributed by atoms with Crippen molar-refractivity contribution in [1.82, 2.24) is 9.29 Å². The maximum Gasteiger partial charge on any atom is 0.243 e. The number of primary amides is 1. The zero-order chi connectivity index (χ0) is 27.2. The number of pyridine rings is 1. The molecule has 1 aliphatic carbocycles. The summed E-state index contributed by atoms with van der Waals surface area (Å²) < 4.78 is 38.6. The summed E-state index contributed by atoms with van der Waals surface area (Å²) in [5, 5.41) is 0. The Labute approximate surface area is 230 Å². The normalized spacial score (nSPS) is 19.9. The molecule has 0 spiro atoms. The molecule has 1 saturated carbocycles. The van der Waals surface area contributed by atoms with Gasteiger partial charge in [0.1, 0.15) is 5.78 Å². The van der Waals surface area contributed by atoms with Crippen molar-refractivity contribution in [2.24, 2.45) is 11.7 Å². The number of Topliss-reactive ketones (excluding diaryl/α,β-unsaturated/α-hetero) is 1. The highest BCUT2D eigenvalue weighted by Gasteiger charge is 2.51. The highest BCUT2D eigenvalue weighted by Crippen LogP contribution is 2.51. The molecule has 0 bridgehead atoms. The molecule has 1 unspecified atom stereocenters. The minimum Gasteiger partial charge on any atom is -0.454 e. The van der Waals surface area contributed by atoms with E-state index in [2.05, 4.69) is 0 Å². The summed E-state index contributed by atoms with van der Waals surface area (Å²) in [6, 6.07) is 17.8. The van der Waals surface area contributed by atoms with Crippen molar-refractivity contribution in [2.45, 2.75) is 42.4 Å². The first-order chi connectivity index (χ1) is 18.8. The fraction of sp³-hybridized carbons (Fsp3) is 0.345. The molecule has 10 heteroatoms. The molecule has 6 rings (SSSR count). The second-order valence-electron chi connectivity index (χ2n) is 10.4. The van der Waals surface area contributed by atoms with Gasteiger partial charge in [0.2, 0.25) is 22.7 Å². The second kappa shape index (κ2) is 9.77. The molecular weight excluding hydrogens is 518 g/mol. The Balaban J connectivity index is 0.00000194. The summed E-state index contributed by atoms with van der Waals surface area (Å²) >= 11 is 0. The summed E-state index contributed by atoms with van der Waals surface area (Å²) in [5.41, 5.74) is 7.90. The maximum atomic E-state index is 13.4. The molecule has 39 heavy (non-hydrogen) atoms. The minimum absolute atomic E-state index is 0. The lowest BCUT2D eigenvalue weighted by molar-refractivity contribution is -0.123. The Morgan fingerprint density at radius 1 is 1.05 bits per heavy atom. The van der Waals surface area contributed by atoms with Gasteiger partial charge in [0.05, 0.1) is 21.9 Å². The molecule has 1 saturated heterocycles. The second-order valence-corrected chi connectivity index (χ2v) is 12.3. The Bertz CT molecular complexity index is 1560. The fourth-order valence-corrected chi connectivity index (χ4v) is 6.98. The van der Waals surface area contributed by atoms with Crippen molar-refractivity contribution < 1.29 is 30.3 Å². The van der Waals surface area contributed by atoms with Crippen LogP contribution >= 0.6 is 0 Å². The molecule has 0 radical (unpaired) electrons. The molecule has 1 atom stereocenters. The van der Waals surface area contributed by atoms with Crippen LogP contribution in [0.5, 0.6) is 11.5 Å². The summed E-state index contributed by atoms with van der Waals surface area (Å²) in [6.07, 6.45) is 2.97. The van der Waals surface area contributed by atoms with Gasteiger partial charge in [-0.25, -0.2) is 8.42 Å². The molecule has 3 aromatic rings. The van der Waals surface area contributed by atoms with Gasteiger partial charge in [0.25, 0.3) is 0 Å². The number of benzene rings is 2. The third kappa shape index (κ3) is 4.79. The first-order valence-electron chi connectivity index (χ1n) is 13.1. The van der Waals surface area contributed by atoms with Crippen molar-refractivity contribution >= 4 is 21.7 Å². The van der Waals surface area contributed by atoms with Gasteiger partial charge in [-0.1, -0.05) is 24.3 Å². The summed E-state index contributed by atoms with van der Waals surface area (Å²) in [6.45, 7) is 0.654. The Morgan fingerprint density at radius 3 is 2.56 bits per heavy atom. The molecule has 206 valence electrons. The summed E-state index contributed by atoms with van der Waals surface area (Å²) in [5.74, 6) is 0.537. The minimum atomic E-state index is -3.75. The van der Waals surface area contributed by atoms with Crippen LogP contribution in [0, 0.1) is 5.92 Å². The van der Waals surface area contributed by atoms with Crippen LogP contribution in [0.1, 0.15) is 39.8 Å². The molecule has 2 aliphatic heterocycles. The number of hydrogen-bond donors (Lipinski definition) is 1. The number of ether oxygens (including phenoxy) is 2. The quantitative estimate of drug-likeness (QED) is 0.452. The van der Waals surface area contributed by atoms with E-state index in [0.717, 1.165) is 24.0 Å². The van der Waals surface area contributed by atoms with Crippen LogP contribution in [-0.4, -0.2) is 49.3 Å². The van der Waals surface area contributed by atoms with Gasteiger partial charge in [-0.15, -0.1) is 0 Å². The summed E-state index contributed by atoms with van der Waals surface area (Å²) in [4.78, 5) is 29.9. The van der Waals surface area contributed by atoms with Crippen molar-refractivity contribution in [1.29, 1.82) is 0 Å². The molecule has 2 N–H and O–H groups in total. The van der Waals surface area contributed by atoms with Gasteiger partial charge in [-0.3, -0.25) is 14.6 Å². The van der Waals surface area contributed by atoms with Crippen molar-refractivity contribution in [3.8, 4) is 22.8 Å². The number of nitrogens with two attached hydrogens (primary N) is 1. The van der Waals surface area contributed by atoms with Gasteiger partial charge in [0.15, 0.2) is 11.5 Å². The van der Waals surface area contributed by atoms with Gasteiger partial charge in [0, 0.05) is 33.6 Å². The highest BCUT2D eigenvalue weighted by molar-refractivity contribution is 7.89. The predicted octanol–water partition coefficient (Wildman–Crippen LogP) is 3.70. The molecule has 3 aliphatic rings. The van der Waals surface area contributed by atoms with Gasteiger partial charge in [-0.2, -0.15) is 4.31 Å². The third-order valence-electron chi connectivity index (χ3n) is 7.93. The smallest absolute Gasteiger partial charge is 0.243 e. The molecule has 1 aromatic heterocycles. The standard InChI is InChI=1S/C29H29N3O6S.2H2/c30-28(34)20-3-2-14-32(17-20)39(35,36)23-9-6-19(7-10-23)24-5-1-4-22(31-24)16-27(33)29(12-13-29)21-8-11-25-26(15-21)38-18-37-25;;/h1,4-11,15,20H,2-3,12-14,16-18H2,(H2,30,34);2*1H. The molecule has 1 amide bonds. The number of sulfonamides is 1. The lowest BCUT2D eigenvalue weighted by Gasteiger charge is -2.30. The monoisotopic (exact) mass is 551 g/mol. The lowest BCUT2D eigenvalue weighted by Crippen LogP contribution is -2.44. The Morgan fingerprint density at radius 2 is 1.82 bits per heavy atom. The van der Waals surface area contributed by atoms with Crippen molar-refractivity contribution in [3.05, 3.63) is 71.9 Å². The number of aromatic nitrogens is 1. The van der Waals surface area contributed by atoms with E-state index in [0.29, 0.717) is 42.3 Å². The van der Waals surface area contributed by atoms with Crippen LogP contribution in [0.3, 0.4) is 0 Å². The number of ketones is 1. The average Bonchev–Trinajstić information content (AvgIpc) is 3.64. The molecule has 2 fully saturated rings. The zero-order valence-electron chi connectivity index (χ0n) is 21.3. The zero-order valence-corrected chi connectivity index (χ0v) is 22.2. The van der Waals surface area contributed by atoms with E-state index in [4.69, 9.17) is 20.2 Å². The van der Waals surface area contributed by atoms with Gasteiger partial charge >= 0.3 is 0 Å². The first-order valence-corrected chi connectivity index (χ1v) is 14.5. The van der Waals surface area contributed by atoms with E-state index in [1.165, 1.54) is 4.31 Å². The third-order valence-corrected chi connectivity index (χ3v) is 9.81. The number of rotatable bonds is 8. The van der Waals surface area contributed by atoms with Gasteiger partial charge in [-0.05, 0) is 67.6 Å². The van der Waals surface area contributed by atoms with E-state index in [9.17, 15) is 18.0 Å². The number of carbonyl (C=O) groups is 2. The van der Waals surface area contributed by atoms with Crippen LogP contribution in [-0.2, 0) is 31.4 Å². The van der Waals surface area contributed by atoms with Crippen LogP contribution < -0.4 is 15.2 Å². The summed E-state index contributed by atoms with van der Waals surface area (Å²) in [7, 11) is -3.75. The number of nitrogens with zero attached hydrogens (tertiary/aromatic N) is 2. The highest BCUT2D eigenvalue weighted by atomic mass is 32.2. The van der Waals surface area contributed by atoms with Crippen molar-refractivity contribution in [3.63, 3.8) is 0 Å². The molecule has 9 nitrogen and oxygen atoms in total. The number of amides is 1. The van der Waals surface area contributed by atoms with Crippen LogP contribution in [0.2, 0.25) is 0 Å². The number of carbonyl (C=O) groups excluding carboxylic acids is 2. The van der Waals surface area contributed by atoms with Crippen LogP contribution in [0.15, 0.2) is 65.6 Å². The predicted molar refractivity (Wildman–Crippen MR) is 147 cm³/mol. The topological polar surface area (TPSA) is 129 Å². The van der Waals surface area contributed by atoms with E-state index in [-0.39, 0.29) is 33.3 Å². The Hall–Kier alpha value is -3.76. The van der Waals surface area contributed by atoms with E-state index < -0.39 is 27.3 Å². The molecule has 3 heterocycles. The number of piperidine rings is 1. The van der Waals surface area contributed by atoms with Gasteiger partial charge < -0.3 is 15.2 Å². The largest absolute Gasteiger partial charge is 0.454 e. The van der Waals surface area contributed by atoms with E-state index >= 15 is 0 Å². The fourth-order valence-electron chi connectivity index (χ4n) is 5.46. The number of hydrogen-bond acceptors (Lipinski definition) is 7. The lowest BCUT2D eigenvalue weighted by atomic mass is 9.88. The molecular formula is C29H33N3O6S. The first kappa shape index (κ1) is 25.5. The van der Waals surface area contributed by atoms with E-state index in [1.54, 1.807) is 24.3 Å². The Kier molecular flexibility index (Phi) is 6.39. The molecule has 2 aromatic carbocycles. The SMILES string of the molecule is NC(=O)C1CCCN(S(=O)(=O)c2ccc(-c3cccc(CC(=O)C4(c5ccc6c(c5)OCO6)CC4)n3)cc2)C1.[HH].[HH]. The average molecular weight is 552 g/mol. The number of fused-ring (bicyclic) bond motifs is 1. The van der Waals surface area contributed by atoms with Crippen LogP contribution in [0.25, 0.3) is 11.3 Å². The van der Waals surface area contributed by atoms with E-state index in [1.807, 2.05) is 36.4 Å².